The summed E-state index contributed by atoms with van der Waals surface area (Å²) in [7, 11) is 1.72. The molecule has 0 aliphatic carbocycles. The number of fused-ring (bicyclic) bond motifs is 1. The van der Waals surface area contributed by atoms with Crippen LogP contribution in [0.15, 0.2) is 24.4 Å². The summed E-state index contributed by atoms with van der Waals surface area (Å²) in [5.41, 5.74) is 2.40. The standard InChI is InChI=1S/C14H19N3O2/c1-18-10-13-9-17(4-5-19-13)8-11-2-3-12-7-15-16-14(12)6-11/h2-3,6-7,13H,4-5,8-10H2,1H3,(H,15,16). The molecule has 0 spiro atoms. The summed E-state index contributed by atoms with van der Waals surface area (Å²) in [6, 6.07) is 6.45. The van der Waals surface area contributed by atoms with E-state index in [0.29, 0.717) is 6.61 Å². The van der Waals surface area contributed by atoms with Crippen LogP contribution in [0.3, 0.4) is 0 Å². The van der Waals surface area contributed by atoms with Crippen molar-refractivity contribution in [1.82, 2.24) is 15.1 Å². The number of hydrogen-bond donors (Lipinski definition) is 1. The van der Waals surface area contributed by atoms with E-state index in [9.17, 15) is 0 Å². The number of H-pyrrole nitrogens is 1. The molecule has 1 aromatic heterocycles. The van der Waals surface area contributed by atoms with Gasteiger partial charge in [0.25, 0.3) is 0 Å². The van der Waals surface area contributed by atoms with Crippen LogP contribution in [0.1, 0.15) is 5.56 Å². The molecule has 2 aromatic rings. The summed E-state index contributed by atoms with van der Waals surface area (Å²) in [5.74, 6) is 0. The molecule has 102 valence electrons. The van der Waals surface area contributed by atoms with Crippen molar-refractivity contribution in [2.24, 2.45) is 0 Å². The maximum absolute atomic E-state index is 5.66. The monoisotopic (exact) mass is 261 g/mol. The number of benzene rings is 1. The molecule has 1 N–H and O–H groups in total. The molecule has 1 unspecified atom stereocenters. The van der Waals surface area contributed by atoms with E-state index >= 15 is 0 Å². The van der Waals surface area contributed by atoms with E-state index in [2.05, 4.69) is 33.3 Å². The number of morpholine rings is 1. The van der Waals surface area contributed by atoms with E-state index in [1.165, 1.54) is 5.56 Å². The van der Waals surface area contributed by atoms with Gasteiger partial charge < -0.3 is 9.47 Å². The van der Waals surface area contributed by atoms with Crippen molar-refractivity contribution >= 4 is 10.9 Å². The molecular formula is C14H19N3O2. The minimum absolute atomic E-state index is 0.189. The van der Waals surface area contributed by atoms with Crippen LogP contribution in [0.5, 0.6) is 0 Å². The largest absolute Gasteiger partial charge is 0.382 e. The fraction of sp³-hybridized carbons (Fsp3) is 0.500. The number of aromatic amines is 1. The molecule has 5 heteroatoms. The van der Waals surface area contributed by atoms with Crippen molar-refractivity contribution in [2.75, 3.05) is 33.4 Å². The van der Waals surface area contributed by atoms with Gasteiger partial charge in [-0.3, -0.25) is 10.00 Å². The molecule has 0 radical (unpaired) electrons. The van der Waals surface area contributed by atoms with Crippen LogP contribution in [-0.2, 0) is 16.0 Å². The molecule has 2 heterocycles. The average Bonchev–Trinajstić information content (AvgIpc) is 2.87. The fourth-order valence-corrected chi connectivity index (χ4v) is 2.55. The maximum Gasteiger partial charge on any atom is 0.0935 e. The van der Waals surface area contributed by atoms with Gasteiger partial charge in [-0.25, -0.2) is 0 Å². The number of methoxy groups -OCH3 is 1. The van der Waals surface area contributed by atoms with Gasteiger partial charge in [0.15, 0.2) is 0 Å². The first-order valence-electron chi connectivity index (χ1n) is 6.60. The van der Waals surface area contributed by atoms with Gasteiger partial charge in [0, 0.05) is 32.1 Å². The normalized spacial score (nSPS) is 21.0. The quantitative estimate of drug-likeness (QED) is 0.904. The van der Waals surface area contributed by atoms with Crippen molar-refractivity contribution in [3.63, 3.8) is 0 Å². The number of rotatable bonds is 4. The summed E-state index contributed by atoms with van der Waals surface area (Å²) in [6.45, 7) is 4.28. The van der Waals surface area contributed by atoms with Gasteiger partial charge in [-0.2, -0.15) is 5.10 Å². The summed E-state index contributed by atoms with van der Waals surface area (Å²) >= 11 is 0. The minimum Gasteiger partial charge on any atom is -0.382 e. The number of nitrogens with zero attached hydrogens (tertiary/aromatic N) is 2. The predicted molar refractivity (Wildman–Crippen MR) is 73.0 cm³/mol. The Labute approximate surface area is 112 Å². The first kappa shape index (κ1) is 12.6. The summed E-state index contributed by atoms with van der Waals surface area (Å²) in [4.78, 5) is 2.41. The molecule has 0 bridgehead atoms. The van der Waals surface area contributed by atoms with Crippen LogP contribution in [0.2, 0.25) is 0 Å². The van der Waals surface area contributed by atoms with Crippen molar-refractivity contribution < 1.29 is 9.47 Å². The van der Waals surface area contributed by atoms with Gasteiger partial charge in [0.05, 0.1) is 31.0 Å². The van der Waals surface area contributed by atoms with Crippen LogP contribution < -0.4 is 0 Å². The zero-order chi connectivity index (χ0) is 13.1. The highest BCUT2D eigenvalue weighted by Crippen LogP contribution is 2.16. The third-order valence-electron chi connectivity index (χ3n) is 3.49. The second-order valence-corrected chi connectivity index (χ2v) is 4.97. The first-order chi connectivity index (χ1) is 9.35. The van der Waals surface area contributed by atoms with Crippen molar-refractivity contribution in [3.8, 4) is 0 Å². The molecule has 1 aliphatic rings. The van der Waals surface area contributed by atoms with Gasteiger partial charge in [-0.1, -0.05) is 12.1 Å². The van der Waals surface area contributed by atoms with Gasteiger partial charge >= 0.3 is 0 Å². The van der Waals surface area contributed by atoms with Crippen molar-refractivity contribution in [1.29, 1.82) is 0 Å². The van der Waals surface area contributed by atoms with Gasteiger partial charge in [0.2, 0.25) is 0 Å². The Bertz CT molecular complexity index is 538. The summed E-state index contributed by atoms with van der Waals surface area (Å²) in [5, 5.41) is 8.22. The molecule has 3 rings (SSSR count). The highest BCUT2D eigenvalue weighted by molar-refractivity contribution is 5.78. The maximum atomic E-state index is 5.66. The van der Waals surface area contributed by atoms with Gasteiger partial charge in [-0.05, 0) is 11.6 Å². The molecule has 1 aromatic carbocycles. The van der Waals surface area contributed by atoms with Crippen LogP contribution in [0.25, 0.3) is 10.9 Å². The Morgan fingerprint density at radius 3 is 3.37 bits per heavy atom. The highest BCUT2D eigenvalue weighted by atomic mass is 16.5. The van der Waals surface area contributed by atoms with Crippen molar-refractivity contribution in [3.05, 3.63) is 30.0 Å². The smallest absolute Gasteiger partial charge is 0.0935 e. The summed E-state index contributed by atoms with van der Waals surface area (Å²) < 4.78 is 10.8. The van der Waals surface area contributed by atoms with Crippen molar-refractivity contribution in [2.45, 2.75) is 12.6 Å². The number of ether oxygens (including phenoxy) is 2. The predicted octanol–water partition coefficient (Wildman–Crippen LogP) is 1.41. The van der Waals surface area contributed by atoms with Gasteiger partial charge in [0.1, 0.15) is 0 Å². The van der Waals surface area contributed by atoms with E-state index in [-0.39, 0.29) is 6.10 Å². The highest BCUT2D eigenvalue weighted by Gasteiger charge is 2.20. The number of aromatic nitrogens is 2. The van der Waals surface area contributed by atoms with E-state index in [4.69, 9.17) is 9.47 Å². The molecule has 1 saturated heterocycles. The zero-order valence-corrected chi connectivity index (χ0v) is 11.1. The molecular weight excluding hydrogens is 242 g/mol. The summed E-state index contributed by atoms with van der Waals surface area (Å²) in [6.07, 6.45) is 2.04. The molecule has 1 fully saturated rings. The van der Waals surface area contributed by atoms with E-state index < -0.39 is 0 Å². The van der Waals surface area contributed by atoms with E-state index in [1.54, 1.807) is 7.11 Å². The number of nitrogens with one attached hydrogen (secondary N) is 1. The lowest BCUT2D eigenvalue weighted by atomic mass is 10.1. The Hall–Kier alpha value is -1.43. The Kier molecular flexibility index (Phi) is 3.77. The fourth-order valence-electron chi connectivity index (χ4n) is 2.55. The van der Waals surface area contributed by atoms with Crippen LogP contribution in [0, 0.1) is 0 Å². The lowest BCUT2D eigenvalue weighted by Crippen LogP contribution is -2.43. The van der Waals surface area contributed by atoms with Crippen LogP contribution in [0.4, 0.5) is 0 Å². The molecule has 5 nitrogen and oxygen atoms in total. The van der Waals surface area contributed by atoms with Crippen LogP contribution in [-0.4, -0.2) is 54.6 Å². The molecule has 0 amide bonds. The Morgan fingerprint density at radius 2 is 2.47 bits per heavy atom. The average molecular weight is 261 g/mol. The first-order valence-corrected chi connectivity index (χ1v) is 6.60. The molecule has 19 heavy (non-hydrogen) atoms. The lowest BCUT2D eigenvalue weighted by Gasteiger charge is -2.32. The second-order valence-electron chi connectivity index (χ2n) is 4.97. The SMILES string of the molecule is COCC1CN(Cc2ccc3cn[nH]c3c2)CCO1. The zero-order valence-electron chi connectivity index (χ0n) is 11.1. The van der Waals surface area contributed by atoms with Crippen LogP contribution >= 0.6 is 0 Å². The molecule has 1 aliphatic heterocycles. The lowest BCUT2D eigenvalue weighted by molar-refractivity contribution is -0.0631. The Morgan fingerprint density at radius 1 is 1.53 bits per heavy atom. The topological polar surface area (TPSA) is 50.4 Å². The van der Waals surface area contributed by atoms with E-state index in [0.717, 1.165) is 37.1 Å². The molecule has 0 saturated carbocycles. The Balaban J connectivity index is 1.66. The van der Waals surface area contributed by atoms with E-state index in [1.807, 2.05) is 6.20 Å². The second kappa shape index (κ2) is 5.69. The van der Waals surface area contributed by atoms with Gasteiger partial charge in [-0.15, -0.1) is 0 Å². The third-order valence-corrected chi connectivity index (χ3v) is 3.49. The number of hydrogen-bond acceptors (Lipinski definition) is 4. The third kappa shape index (κ3) is 2.94. The minimum atomic E-state index is 0.189. The molecule has 1 atom stereocenters.